The van der Waals surface area contributed by atoms with E-state index in [-0.39, 0.29) is 18.1 Å². The highest BCUT2D eigenvalue weighted by molar-refractivity contribution is 6.10. The maximum absolute atomic E-state index is 4.14. The smallest absolute Gasteiger partial charge is 0.0733 e. The number of allylic oxidation sites excluding steroid dienone is 3. The van der Waals surface area contributed by atoms with E-state index in [1.165, 1.54) is 105 Å². The molecule has 0 aromatic heterocycles. The first-order valence-electron chi connectivity index (χ1n) is 23.0. The van der Waals surface area contributed by atoms with Crippen LogP contribution >= 0.6 is 0 Å². The minimum absolute atomic E-state index is 0.0863. The van der Waals surface area contributed by atoms with Crippen LogP contribution in [0.25, 0.3) is 54.9 Å². The van der Waals surface area contributed by atoms with E-state index in [2.05, 4.69) is 247 Å². The normalized spacial score (nSPS) is 19.0. The van der Waals surface area contributed by atoms with Crippen LogP contribution in [0.2, 0.25) is 0 Å². The molecule has 308 valence electrons. The van der Waals surface area contributed by atoms with E-state index in [4.69, 9.17) is 0 Å². The Labute approximate surface area is 380 Å². The third kappa shape index (κ3) is 5.91. The number of fused-ring (bicyclic) bond motifs is 7. The number of benzene rings is 9. The van der Waals surface area contributed by atoms with Crippen molar-refractivity contribution in [3.8, 4) is 33.4 Å². The summed E-state index contributed by atoms with van der Waals surface area (Å²) in [6, 6.07) is 77.1. The van der Waals surface area contributed by atoms with Crippen LogP contribution in [0.4, 0.5) is 0 Å². The quantitative estimate of drug-likeness (QED) is 0.174. The molecule has 2 heteroatoms. The zero-order valence-corrected chi connectivity index (χ0v) is 36.0. The zero-order chi connectivity index (χ0) is 42.9. The number of dihydropyridines is 1. The van der Waals surface area contributed by atoms with E-state index < -0.39 is 5.41 Å². The van der Waals surface area contributed by atoms with Crippen LogP contribution in [-0.2, 0) is 5.41 Å². The molecule has 0 radical (unpaired) electrons. The lowest BCUT2D eigenvalue weighted by atomic mass is 9.67. The van der Waals surface area contributed by atoms with Gasteiger partial charge >= 0.3 is 0 Å². The molecule has 2 aliphatic heterocycles. The Morgan fingerprint density at radius 3 is 1.88 bits per heavy atom. The second-order valence-corrected chi connectivity index (χ2v) is 17.9. The Morgan fingerprint density at radius 1 is 0.477 bits per heavy atom. The molecule has 0 spiro atoms. The van der Waals surface area contributed by atoms with Crippen LogP contribution in [0.3, 0.4) is 0 Å². The molecule has 13 rings (SSSR count). The Balaban J connectivity index is 0.973. The van der Waals surface area contributed by atoms with E-state index in [9.17, 15) is 0 Å². The minimum Gasteiger partial charge on any atom is -0.376 e. The van der Waals surface area contributed by atoms with Gasteiger partial charge in [0.25, 0.3) is 0 Å². The van der Waals surface area contributed by atoms with E-state index in [1.807, 2.05) is 0 Å². The highest BCUT2D eigenvalue weighted by Gasteiger charge is 2.47. The van der Waals surface area contributed by atoms with Gasteiger partial charge < -0.3 is 5.32 Å². The molecule has 4 aliphatic rings. The van der Waals surface area contributed by atoms with Crippen LogP contribution in [0.15, 0.2) is 253 Å². The molecule has 0 saturated carbocycles. The highest BCUT2D eigenvalue weighted by Crippen LogP contribution is 2.60. The summed E-state index contributed by atoms with van der Waals surface area (Å²) in [4.78, 5) is 0. The van der Waals surface area contributed by atoms with Gasteiger partial charge in [0.2, 0.25) is 0 Å². The topological polar surface area (TPSA) is 24.1 Å². The van der Waals surface area contributed by atoms with Gasteiger partial charge in [-0.05, 0) is 118 Å². The van der Waals surface area contributed by atoms with Crippen molar-refractivity contribution in [3.05, 3.63) is 287 Å². The van der Waals surface area contributed by atoms with Gasteiger partial charge in [0.05, 0.1) is 17.5 Å². The maximum atomic E-state index is 4.14. The van der Waals surface area contributed by atoms with Gasteiger partial charge in [0.1, 0.15) is 0 Å². The van der Waals surface area contributed by atoms with E-state index >= 15 is 0 Å². The van der Waals surface area contributed by atoms with Crippen molar-refractivity contribution in [2.24, 2.45) is 0 Å². The average Bonchev–Trinajstić information content (AvgIpc) is 3.68. The lowest BCUT2D eigenvalue weighted by Gasteiger charge is -2.38. The molecule has 9 aromatic carbocycles. The Bertz CT molecular complexity index is 3410. The number of hydrogen-bond donors (Lipinski definition) is 2. The molecular formula is C63H46N2. The van der Waals surface area contributed by atoms with Crippen LogP contribution in [0.1, 0.15) is 51.9 Å². The van der Waals surface area contributed by atoms with Gasteiger partial charge in [-0.15, -0.1) is 0 Å². The number of hydrogen-bond acceptors (Lipinski definition) is 2. The molecule has 65 heavy (non-hydrogen) atoms. The third-order valence-electron chi connectivity index (χ3n) is 14.5. The van der Waals surface area contributed by atoms with Crippen LogP contribution in [-0.4, -0.2) is 6.04 Å². The summed E-state index contributed by atoms with van der Waals surface area (Å²) >= 11 is 0. The lowest BCUT2D eigenvalue weighted by Crippen LogP contribution is -2.45. The Morgan fingerprint density at radius 2 is 1.12 bits per heavy atom. The standard InChI is InChI=1S/C63H46N2/c1-5-17-41(18-6-1)57-37-32-43-29-30-44-33-38-58(65-62(44)61(43)64-57)53-36-35-49(51-27-15-16-28-52(51)53)46-31-34-54-55(39-46)63(47-22-9-3-10-23-47,48-24-11-4-12-25-48)56-40-45-21-13-14-26-50(45)59(60(54)56)42-19-7-2-8-20-42/h1-37,39-40,57-58,62,64-65H,38H2. The van der Waals surface area contributed by atoms with Gasteiger partial charge in [-0.3, -0.25) is 5.32 Å². The van der Waals surface area contributed by atoms with Gasteiger partial charge in [0, 0.05) is 11.7 Å². The van der Waals surface area contributed by atoms with E-state index in [1.54, 1.807) is 0 Å². The maximum Gasteiger partial charge on any atom is 0.0733 e. The molecule has 0 saturated heterocycles. The number of nitrogens with one attached hydrogen (secondary N) is 2. The van der Waals surface area contributed by atoms with Crippen LogP contribution < -0.4 is 10.6 Å². The van der Waals surface area contributed by atoms with E-state index in [0.717, 1.165) is 6.42 Å². The van der Waals surface area contributed by atoms with Gasteiger partial charge in [-0.25, -0.2) is 0 Å². The number of rotatable bonds is 6. The summed E-state index contributed by atoms with van der Waals surface area (Å²) in [6.07, 6.45) is 12.5. The SMILES string of the molecule is C1=CC2=C(NC(c3ccccc3)C=C2)C2NC(c3ccc(-c4ccc5c(c4)C(c4ccccc4)(c4ccccc4)c4cc6ccccc6c(-c6ccccc6)c4-5)c4ccccc34)CC=C12. The van der Waals surface area contributed by atoms with Crippen LogP contribution in [0.5, 0.6) is 0 Å². The summed E-state index contributed by atoms with van der Waals surface area (Å²) in [5.74, 6) is 0. The predicted octanol–water partition coefficient (Wildman–Crippen LogP) is 14.7. The first-order valence-corrected chi connectivity index (χ1v) is 23.0. The van der Waals surface area contributed by atoms with Crippen molar-refractivity contribution in [2.45, 2.75) is 30.0 Å². The minimum atomic E-state index is -0.563. The van der Waals surface area contributed by atoms with Gasteiger partial charge in [0.15, 0.2) is 0 Å². The Kier molecular flexibility index (Phi) is 8.82. The van der Waals surface area contributed by atoms with E-state index in [0.29, 0.717) is 0 Å². The fourth-order valence-corrected chi connectivity index (χ4v) is 11.6. The summed E-state index contributed by atoms with van der Waals surface area (Å²) < 4.78 is 0. The lowest BCUT2D eigenvalue weighted by molar-refractivity contribution is 0.461. The predicted molar refractivity (Wildman–Crippen MR) is 270 cm³/mol. The van der Waals surface area contributed by atoms with Crippen molar-refractivity contribution in [2.75, 3.05) is 0 Å². The Hall–Kier alpha value is -7.78. The molecule has 2 N–H and O–H groups in total. The highest BCUT2D eigenvalue weighted by atomic mass is 15.1. The molecule has 2 aliphatic carbocycles. The molecular weight excluding hydrogens is 785 g/mol. The van der Waals surface area contributed by atoms with Crippen molar-refractivity contribution in [3.63, 3.8) is 0 Å². The fourth-order valence-electron chi connectivity index (χ4n) is 11.6. The molecule has 0 bridgehead atoms. The molecule has 0 fully saturated rings. The molecule has 3 unspecified atom stereocenters. The molecule has 9 aromatic rings. The molecule has 2 nitrogen and oxygen atoms in total. The zero-order valence-electron chi connectivity index (χ0n) is 36.0. The molecule has 3 atom stereocenters. The fraction of sp³-hybridized carbons (Fsp3) is 0.0794. The monoisotopic (exact) mass is 830 g/mol. The van der Waals surface area contributed by atoms with Crippen molar-refractivity contribution < 1.29 is 0 Å². The van der Waals surface area contributed by atoms with Crippen molar-refractivity contribution in [1.82, 2.24) is 10.6 Å². The summed E-state index contributed by atoms with van der Waals surface area (Å²) in [5, 5.41) is 13.1. The molecule has 0 amide bonds. The summed E-state index contributed by atoms with van der Waals surface area (Å²) in [5.41, 5.74) is 18.6. The summed E-state index contributed by atoms with van der Waals surface area (Å²) in [6.45, 7) is 0. The first-order chi connectivity index (χ1) is 32.2. The summed E-state index contributed by atoms with van der Waals surface area (Å²) in [7, 11) is 0. The first kappa shape index (κ1) is 37.7. The van der Waals surface area contributed by atoms with Gasteiger partial charge in [-0.1, -0.05) is 225 Å². The van der Waals surface area contributed by atoms with Crippen molar-refractivity contribution >= 4 is 21.5 Å². The molecule has 2 heterocycles. The second kappa shape index (κ2) is 15.2. The average molecular weight is 831 g/mol. The largest absolute Gasteiger partial charge is 0.376 e. The van der Waals surface area contributed by atoms with Crippen LogP contribution in [0, 0.1) is 0 Å². The van der Waals surface area contributed by atoms with Gasteiger partial charge in [-0.2, -0.15) is 0 Å². The second-order valence-electron chi connectivity index (χ2n) is 17.9. The van der Waals surface area contributed by atoms with Crippen molar-refractivity contribution in [1.29, 1.82) is 0 Å². The third-order valence-corrected chi connectivity index (χ3v) is 14.5.